The van der Waals surface area contributed by atoms with Crippen LogP contribution in [-0.2, 0) is 20.2 Å². The molecule has 0 bridgehead atoms. The summed E-state index contributed by atoms with van der Waals surface area (Å²) in [5, 5.41) is 17.6. The van der Waals surface area contributed by atoms with Gasteiger partial charge in [-0.25, -0.2) is 0 Å². The smallest absolute Gasteiger partial charge is 0.295 e. The van der Waals surface area contributed by atoms with E-state index in [1.165, 1.54) is 6.07 Å². The topological polar surface area (TPSA) is 154 Å². The number of benzene rings is 3. The third kappa shape index (κ3) is 6.07. The molecule has 3 N–H and O–H groups in total. The second kappa shape index (κ2) is 9.96. The normalized spacial score (nSPS) is 11.8. The molecule has 0 atom stereocenters. The summed E-state index contributed by atoms with van der Waals surface area (Å²) >= 11 is 0. The Labute approximate surface area is 210 Å². The first-order valence-electron chi connectivity index (χ1n) is 7.29. The van der Waals surface area contributed by atoms with Crippen LogP contribution in [0.5, 0.6) is 5.75 Å². The minimum atomic E-state index is -4.92. The molecular weight excluding hydrogens is 442 g/mol. The van der Waals surface area contributed by atoms with E-state index >= 15 is 0 Å². The van der Waals surface area contributed by atoms with E-state index in [1.807, 2.05) is 0 Å². The molecule has 0 amide bonds. The SMILES string of the molecule is O=S(=O)(O)c1cc(S(=O)(=O)O)c2c(N=Nc3ccccc3)c(O)ccc2c1.[Na].[Na]. The van der Waals surface area contributed by atoms with Gasteiger partial charge in [0.2, 0.25) is 0 Å². The van der Waals surface area contributed by atoms with Gasteiger partial charge in [-0.05, 0) is 35.7 Å². The molecular formula is C16H12N2Na2O7S2. The second-order valence-electron chi connectivity index (χ2n) is 5.44. The van der Waals surface area contributed by atoms with Gasteiger partial charge in [-0.3, -0.25) is 9.11 Å². The third-order valence-electron chi connectivity index (χ3n) is 3.60. The Morgan fingerprint density at radius 2 is 1.38 bits per heavy atom. The Hall–Kier alpha value is -0.860. The van der Waals surface area contributed by atoms with Crippen molar-refractivity contribution in [3.05, 3.63) is 54.6 Å². The van der Waals surface area contributed by atoms with E-state index in [-0.39, 0.29) is 75.6 Å². The van der Waals surface area contributed by atoms with Gasteiger partial charge in [-0.1, -0.05) is 24.3 Å². The van der Waals surface area contributed by atoms with Crippen molar-refractivity contribution in [3.63, 3.8) is 0 Å². The molecule has 0 heterocycles. The Morgan fingerprint density at radius 3 is 1.93 bits per heavy atom. The Bertz CT molecular complexity index is 1280. The molecule has 0 fully saturated rings. The summed E-state index contributed by atoms with van der Waals surface area (Å²) < 4.78 is 65.1. The number of phenolic OH excluding ortho intramolecular Hbond substituents is 1. The predicted octanol–water partition coefficient (Wildman–Crippen LogP) is 2.69. The zero-order chi connectivity index (χ0) is 19.8. The standard InChI is InChI=1S/C16H12N2O7S2.2Na/c19-13-7-6-10-8-12(26(20,21)22)9-14(27(23,24)25)15(10)16(13)18-17-11-4-2-1-3-5-11;;/h1-9,19H,(H,20,21,22)(H,23,24,25);;. The molecule has 3 aromatic rings. The third-order valence-corrected chi connectivity index (χ3v) is 5.31. The van der Waals surface area contributed by atoms with Gasteiger partial charge < -0.3 is 5.11 Å². The number of nitrogens with zero attached hydrogens (tertiary/aromatic N) is 2. The molecule has 3 aromatic carbocycles. The average Bonchev–Trinajstić information content (AvgIpc) is 2.59. The monoisotopic (exact) mass is 454 g/mol. The van der Waals surface area contributed by atoms with E-state index in [2.05, 4.69) is 10.2 Å². The van der Waals surface area contributed by atoms with E-state index in [1.54, 1.807) is 30.3 Å². The van der Waals surface area contributed by atoms with Crippen LogP contribution >= 0.6 is 0 Å². The van der Waals surface area contributed by atoms with Crippen LogP contribution in [0, 0.1) is 0 Å². The summed E-state index contributed by atoms with van der Waals surface area (Å²) in [6.45, 7) is 0. The van der Waals surface area contributed by atoms with Crippen molar-refractivity contribution in [1.29, 1.82) is 0 Å². The number of hydrogen-bond donors (Lipinski definition) is 3. The molecule has 0 saturated heterocycles. The van der Waals surface area contributed by atoms with Gasteiger partial charge >= 0.3 is 0 Å². The van der Waals surface area contributed by atoms with E-state index < -0.39 is 35.8 Å². The number of rotatable bonds is 4. The van der Waals surface area contributed by atoms with Gasteiger partial charge in [-0.15, -0.1) is 5.11 Å². The Morgan fingerprint density at radius 1 is 0.759 bits per heavy atom. The van der Waals surface area contributed by atoms with Crippen LogP contribution in [0.3, 0.4) is 0 Å². The van der Waals surface area contributed by atoms with Crippen molar-refractivity contribution in [1.82, 2.24) is 0 Å². The minimum Gasteiger partial charge on any atom is -0.506 e. The van der Waals surface area contributed by atoms with Crippen molar-refractivity contribution in [2.45, 2.75) is 9.79 Å². The summed E-state index contributed by atoms with van der Waals surface area (Å²) in [6.07, 6.45) is 0. The second-order valence-corrected chi connectivity index (χ2v) is 8.25. The number of fused-ring (bicyclic) bond motifs is 1. The van der Waals surface area contributed by atoms with Crippen molar-refractivity contribution < 1.29 is 31.0 Å². The van der Waals surface area contributed by atoms with Crippen LogP contribution < -0.4 is 0 Å². The van der Waals surface area contributed by atoms with Crippen LogP contribution in [0.1, 0.15) is 0 Å². The van der Waals surface area contributed by atoms with Crippen molar-refractivity contribution in [2.75, 3.05) is 0 Å². The van der Waals surface area contributed by atoms with Crippen LogP contribution in [-0.4, -0.2) is 90.2 Å². The number of azo groups is 1. The van der Waals surface area contributed by atoms with Gasteiger partial charge in [-0.2, -0.15) is 21.9 Å². The molecule has 13 heteroatoms. The Balaban J connectivity index is 0.00000210. The summed E-state index contributed by atoms with van der Waals surface area (Å²) in [4.78, 5) is -1.58. The first kappa shape index (κ1) is 26.2. The predicted molar refractivity (Wildman–Crippen MR) is 107 cm³/mol. The van der Waals surface area contributed by atoms with Crippen LogP contribution in [0.4, 0.5) is 11.4 Å². The maximum Gasteiger partial charge on any atom is 0.295 e. The first-order valence-corrected chi connectivity index (χ1v) is 10.2. The minimum absolute atomic E-state index is 0. The number of aromatic hydroxyl groups is 1. The largest absolute Gasteiger partial charge is 0.506 e. The molecule has 0 saturated carbocycles. The van der Waals surface area contributed by atoms with Crippen LogP contribution in [0.25, 0.3) is 10.8 Å². The molecule has 29 heavy (non-hydrogen) atoms. The van der Waals surface area contributed by atoms with Gasteiger partial charge in [0.05, 0.1) is 10.6 Å². The molecule has 9 nitrogen and oxygen atoms in total. The number of hydrogen-bond acceptors (Lipinski definition) is 7. The molecule has 0 aliphatic carbocycles. The summed E-state index contributed by atoms with van der Waals surface area (Å²) in [5.41, 5.74) is 0.128. The van der Waals surface area contributed by atoms with Gasteiger partial charge in [0.1, 0.15) is 16.3 Å². The van der Waals surface area contributed by atoms with Crippen molar-refractivity contribution in [2.24, 2.45) is 10.2 Å². The fourth-order valence-electron chi connectivity index (χ4n) is 2.43. The van der Waals surface area contributed by atoms with Gasteiger partial charge in [0, 0.05) is 64.5 Å². The molecule has 0 aliphatic rings. The molecule has 0 unspecified atom stereocenters. The molecule has 3 rings (SSSR count). The molecule has 0 spiro atoms. The maximum atomic E-state index is 11.8. The van der Waals surface area contributed by atoms with E-state index in [9.17, 15) is 31.0 Å². The van der Waals surface area contributed by atoms with Gasteiger partial charge in [0.15, 0.2) is 0 Å². The number of phenols is 1. The maximum absolute atomic E-state index is 11.8. The first-order chi connectivity index (χ1) is 12.6. The molecule has 2 radical (unpaired) electrons. The summed E-state index contributed by atoms with van der Waals surface area (Å²) in [7, 11) is -9.67. The summed E-state index contributed by atoms with van der Waals surface area (Å²) in [5.74, 6) is -0.438. The van der Waals surface area contributed by atoms with Crippen molar-refractivity contribution >= 4 is 101 Å². The molecule has 0 aliphatic heterocycles. The van der Waals surface area contributed by atoms with E-state index in [0.29, 0.717) is 11.8 Å². The zero-order valence-electron chi connectivity index (χ0n) is 15.4. The fourth-order valence-corrected chi connectivity index (χ4v) is 3.79. The van der Waals surface area contributed by atoms with Crippen LogP contribution in [0.2, 0.25) is 0 Å². The van der Waals surface area contributed by atoms with Gasteiger partial charge in [0.25, 0.3) is 20.2 Å². The fraction of sp³-hybridized carbons (Fsp3) is 0. The average molecular weight is 454 g/mol. The Kier molecular flexibility index (Phi) is 8.99. The van der Waals surface area contributed by atoms with Crippen molar-refractivity contribution in [3.8, 4) is 5.75 Å². The molecule has 142 valence electrons. The summed E-state index contributed by atoms with van der Waals surface area (Å²) in [6, 6.07) is 12.3. The zero-order valence-corrected chi connectivity index (χ0v) is 21.0. The quantitative estimate of drug-likeness (QED) is 0.311. The van der Waals surface area contributed by atoms with E-state index in [4.69, 9.17) is 0 Å². The molecule has 0 aromatic heterocycles. The van der Waals surface area contributed by atoms with Crippen LogP contribution in [0.15, 0.2) is 74.6 Å². The van der Waals surface area contributed by atoms with E-state index in [0.717, 1.165) is 12.1 Å².